The molecule has 0 amide bonds. The van der Waals surface area contributed by atoms with Gasteiger partial charge in [-0.2, -0.15) is 0 Å². The average molecular weight is 288 g/mol. The summed E-state index contributed by atoms with van der Waals surface area (Å²) >= 11 is 0. The molecule has 1 heterocycles. The Balaban J connectivity index is 2.64. The van der Waals surface area contributed by atoms with Crippen molar-refractivity contribution in [3.63, 3.8) is 0 Å². The molecule has 0 bridgehead atoms. The molecule has 2 N–H and O–H groups in total. The second-order valence-corrected chi connectivity index (χ2v) is 5.23. The Morgan fingerprint density at radius 2 is 2.00 bits per heavy atom. The summed E-state index contributed by atoms with van der Waals surface area (Å²) < 4.78 is 7.37. The summed E-state index contributed by atoms with van der Waals surface area (Å²) in [5.74, 6) is 1.19. The van der Waals surface area contributed by atoms with E-state index in [1.165, 1.54) is 0 Å². The van der Waals surface area contributed by atoms with Crippen LogP contribution in [-0.2, 0) is 6.54 Å². The first-order valence-electron chi connectivity index (χ1n) is 7.45. The second-order valence-electron chi connectivity index (χ2n) is 5.23. The monoisotopic (exact) mass is 288 g/mol. The summed E-state index contributed by atoms with van der Waals surface area (Å²) in [6.45, 7) is 6.82. The van der Waals surface area contributed by atoms with Gasteiger partial charge < -0.3 is 10.5 Å². The minimum atomic E-state index is 0.392. The van der Waals surface area contributed by atoms with E-state index in [0.29, 0.717) is 12.5 Å². The summed E-state index contributed by atoms with van der Waals surface area (Å²) in [5.41, 5.74) is 9.89. The van der Waals surface area contributed by atoms with Crippen LogP contribution in [0.2, 0.25) is 0 Å². The van der Waals surface area contributed by atoms with E-state index >= 15 is 0 Å². The van der Waals surface area contributed by atoms with Crippen molar-refractivity contribution < 1.29 is 4.74 Å². The highest BCUT2D eigenvalue weighted by molar-refractivity contribution is 5.49. The van der Waals surface area contributed by atoms with Crippen molar-refractivity contribution in [2.75, 3.05) is 7.11 Å². The highest BCUT2D eigenvalue weighted by Crippen LogP contribution is 2.31. The van der Waals surface area contributed by atoms with Gasteiger partial charge in [0.25, 0.3) is 0 Å². The molecule has 0 fully saturated rings. The topological polar surface area (TPSA) is 66.0 Å². The molecule has 0 saturated carbocycles. The van der Waals surface area contributed by atoms with Crippen molar-refractivity contribution >= 4 is 0 Å². The van der Waals surface area contributed by atoms with Gasteiger partial charge >= 0.3 is 0 Å². The van der Waals surface area contributed by atoms with Gasteiger partial charge in [0.05, 0.1) is 12.8 Å². The minimum Gasteiger partial charge on any atom is -0.494 e. The molecule has 0 atom stereocenters. The van der Waals surface area contributed by atoms with Crippen LogP contribution in [-0.4, -0.2) is 22.1 Å². The summed E-state index contributed by atoms with van der Waals surface area (Å²) in [6, 6.07) is 6.06. The molecule has 21 heavy (non-hydrogen) atoms. The van der Waals surface area contributed by atoms with Crippen LogP contribution in [0.3, 0.4) is 0 Å². The zero-order valence-corrected chi connectivity index (χ0v) is 13.3. The number of rotatable bonds is 6. The molecule has 0 aliphatic carbocycles. The number of aromatic nitrogens is 3. The smallest absolute Gasteiger partial charge is 0.144 e. The third-order valence-corrected chi connectivity index (χ3v) is 3.91. The van der Waals surface area contributed by atoms with Gasteiger partial charge in [-0.25, -0.2) is 4.68 Å². The number of methoxy groups -OCH3 is 1. The number of nitrogens with two attached hydrogens (primary N) is 1. The van der Waals surface area contributed by atoms with E-state index in [2.05, 4.69) is 37.1 Å². The maximum Gasteiger partial charge on any atom is 0.144 e. The lowest BCUT2D eigenvalue weighted by atomic mass is 9.97. The number of aryl methyl sites for hydroxylation is 1. The molecule has 2 aromatic rings. The fourth-order valence-electron chi connectivity index (χ4n) is 2.69. The quantitative estimate of drug-likeness (QED) is 0.887. The van der Waals surface area contributed by atoms with Crippen LogP contribution in [0.4, 0.5) is 0 Å². The molecular weight excluding hydrogens is 264 g/mol. The number of ether oxygens (including phenoxy) is 1. The van der Waals surface area contributed by atoms with Crippen LogP contribution in [0, 0.1) is 6.92 Å². The van der Waals surface area contributed by atoms with Crippen molar-refractivity contribution in [3.05, 3.63) is 35.2 Å². The minimum absolute atomic E-state index is 0.392. The van der Waals surface area contributed by atoms with Gasteiger partial charge in [0.2, 0.25) is 0 Å². The first-order valence-corrected chi connectivity index (χ1v) is 7.45. The fourth-order valence-corrected chi connectivity index (χ4v) is 2.69. The van der Waals surface area contributed by atoms with Crippen molar-refractivity contribution in [2.24, 2.45) is 5.73 Å². The maximum atomic E-state index is 5.84. The van der Waals surface area contributed by atoms with Gasteiger partial charge in [-0.05, 0) is 37.5 Å². The summed E-state index contributed by atoms with van der Waals surface area (Å²) in [4.78, 5) is 0. The molecule has 0 radical (unpaired) electrons. The highest BCUT2D eigenvalue weighted by atomic mass is 16.5. The lowest BCUT2D eigenvalue weighted by molar-refractivity contribution is 0.410. The third-order valence-electron chi connectivity index (χ3n) is 3.91. The molecule has 1 aromatic carbocycles. The largest absolute Gasteiger partial charge is 0.494 e. The Bertz CT molecular complexity index is 602. The molecule has 5 nitrogen and oxygen atoms in total. The van der Waals surface area contributed by atoms with E-state index in [1.807, 2.05) is 16.8 Å². The SMILES string of the molecule is CCC(CC)c1c(CN)nnn1-c1cc(C)ccc1OC. The molecule has 0 unspecified atom stereocenters. The third kappa shape index (κ3) is 2.93. The number of benzene rings is 1. The molecule has 114 valence electrons. The molecule has 0 spiro atoms. The molecule has 1 aromatic heterocycles. The van der Waals surface area contributed by atoms with Crippen LogP contribution in [0.25, 0.3) is 5.69 Å². The Morgan fingerprint density at radius 3 is 2.57 bits per heavy atom. The normalized spacial score (nSPS) is 11.1. The van der Waals surface area contributed by atoms with Crippen molar-refractivity contribution in [1.82, 2.24) is 15.0 Å². The maximum absolute atomic E-state index is 5.84. The average Bonchev–Trinajstić information content (AvgIpc) is 2.92. The lowest BCUT2D eigenvalue weighted by Gasteiger charge is -2.17. The molecule has 2 rings (SSSR count). The fraction of sp³-hybridized carbons (Fsp3) is 0.500. The molecule has 0 aliphatic heterocycles. The molecule has 5 heteroatoms. The highest BCUT2D eigenvalue weighted by Gasteiger charge is 2.22. The van der Waals surface area contributed by atoms with E-state index in [9.17, 15) is 0 Å². The summed E-state index contributed by atoms with van der Waals surface area (Å²) in [5, 5.41) is 8.60. The Kier molecular flexibility index (Phi) is 4.96. The zero-order chi connectivity index (χ0) is 15.4. The number of hydrogen-bond donors (Lipinski definition) is 1. The lowest BCUT2D eigenvalue weighted by Crippen LogP contribution is -2.11. The zero-order valence-electron chi connectivity index (χ0n) is 13.3. The van der Waals surface area contributed by atoms with Gasteiger partial charge in [-0.15, -0.1) is 5.10 Å². The first-order chi connectivity index (χ1) is 10.2. The Morgan fingerprint density at radius 1 is 1.29 bits per heavy atom. The van der Waals surface area contributed by atoms with E-state index in [-0.39, 0.29) is 0 Å². The van der Waals surface area contributed by atoms with Gasteiger partial charge in [0.15, 0.2) is 0 Å². The van der Waals surface area contributed by atoms with Crippen LogP contribution in [0.5, 0.6) is 5.75 Å². The molecular formula is C16H24N4O. The van der Waals surface area contributed by atoms with Crippen LogP contribution in [0.15, 0.2) is 18.2 Å². The van der Waals surface area contributed by atoms with Crippen molar-refractivity contribution in [1.29, 1.82) is 0 Å². The van der Waals surface area contributed by atoms with E-state index < -0.39 is 0 Å². The van der Waals surface area contributed by atoms with Gasteiger partial charge in [-0.1, -0.05) is 25.1 Å². The van der Waals surface area contributed by atoms with E-state index in [4.69, 9.17) is 10.5 Å². The van der Waals surface area contributed by atoms with E-state index in [1.54, 1.807) is 7.11 Å². The first kappa shape index (κ1) is 15.5. The van der Waals surface area contributed by atoms with Crippen LogP contribution >= 0.6 is 0 Å². The van der Waals surface area contributed by atoms with Crippen LogP contribution in [0.1, 0.15) is 49.6 Å². The number of hydrogen-bond acceptors (Lipinski definition) is 4. The standard InChI is InChI=1S/C16H24N4O/c1-5-12(6-2)16-13(10-17)18-19-20(16)14-9-11(3)7-8-15(14)21-4/h7-9,12H,5-6,10,17H2,1-4H3. The van der Waals surface area contributed by atoms with Gasteiger partial charge in [-0.3, -0.25) is 0 Å². The Hall–Kier alpha value is -1.88. The summed E-state index contributed by atoms with van der Waals surface area (Å²) in [6.07, 6.45) is 2.07. The van der Waals surface area contributed by atoms with Crippen molar-refractivity contribution in [3.8, 4) is 11.4 Å². The summed E-state index contributed by atoms with van der Waals surface area (Å²) in [7, 11) is 1.67. The number of nitrogens with zero attached hydrogens (tertiary/aromatic N) is 3. The predicted molar refractivity (Wildman–Crippen MR) is 83.9 cm³/mol. The predicted octanol–water partition coefficient (Wildman–Crippen LogP) is 2.95. The van der Waals surface area contributed by atoms with Gasteiger partial charge in [0.1, 0.15) is 17.1 Å². The second kappa shape index (κ2) is 6.72. The Labute approximate surface area is 126 Å². The molecule has 0 saturated heterocycles. The van der Waals surface area contributed by atoms with E-state index in [0.717, 1.165) is 41.2 Å². The van der Waals surface area contributed by atoms with Gasteiger partial charge in [0, 0.05) is 12.5 Å². The molecule has 0 aliphatic rings. The van der Waals surface area contributed by atoms with Crippen molar-refractivity contribution in [2.45, 2.75) is 46.1 Å². The van der Waals surface area contributed by atoms with Crippen LogP contribution < -0.4 is 10.5 Å².